The number of aromatic nitrogens is 2. The third-order valence-corrected chi connectivity index (χ3v) is 8.67. The summed E-state index contributed by atoms with van der Waals surface area (Å²) in [4.78, 5) is 0. The Hall–Kier alpha value is -3.46. The molecule has 1 N–H and O–H groups in total. The first kappa shape index (κ1) is 23.9. The smallest absolute Gasteiger partial charge is 0.101 e. The molecule has 0 amide bonds. The number of hydrogen-bond donors (Lipinski definition) is 1. The van der Waals surface area contributed by atoms with E-state index in [-0.39, 0.29) is 0 Å². The first-order valence-electron chi connectivity index (χ1n) is 13.7. The lowest BCUT2D eigenvalue weighted by Crippen LogP contribution is -2.34. The van der Waals surface area contributed by atoms with Crippen molar-refractivity contribution in [1.82, 2.24) is 9.61 Å². The molecule has 3 aliphatic rings. The van der Waals surface area contributed by atoms with E-state index >= 15 is 0 Å². The summed E-state index contributed by atoms with van der Waals surface area (Å²) in [5, 5.41) is 26.7. The van der Waals surface area contributed by atoms with Crippen LogP contribution in [-0.4, -0.2) is 27.1 Å². The Morgan fingerprint density at radius 1 is 1.08 bits per heavy atom. The van der Waals surface area contributed by atoms with Crippen molar-refractivity contribution in [2.75, 3.05) is 5.32 Å². The van der Waals surface area contributed by atoms with Crippen LogP contribution < -0.4 is 5.32 Å². The summed E-state index contributed by atoms with van der Waals surface area (Å²) in [5.74, 6) is 2.40. The molecule has 1 aromatic carbocycles. The second kappa shape index (κ2) is 9.13. The fourth-order valence-electron chi connectivity index (χ4n) is 6.62. The molecule has 6 nitrogen and oxygen atoms in total. The summed E-state index contributed by atoms with van der Waals surface area (Å²) in [5.41, 5.74) is 8.63. The first-order valence-corrected chi connectivity index (χ1v) is 13.7. The van der Waals surface area contributed by atoms with Crippen molar-refractivity contribution in [2.45, 2.75) is 72.3 Å². The minimum absolute atomic E-state index is 0.291. The number of benzene rings is 1. The predicted octanol–water partition coefficient (Wildman–Crippen LogP) is 7.09. The minimum atomic E-state index is 0.291. The van der Waals surface area contributed by atoms with Crippen molar-refractivity contribution in [3.05, 3.63) is 53.7 Å². The number of nitrogens with one attached hydrogen (secondary N) is 1. The number of hydrogen-bond acceptors (Lipinski definition) is 5. The van der Waals surface area contributed by atoms with Crippen LogP contribution in [0.2, 0.25) is 0 Å². The average Bonchev–Trinajstić information content (AvgIpc) is 3.56. The standard InChI is InChI=1S/C31H36N6/c1-19(2)34-28-14-21(30-8-6-25-11-20(17-32)18-33-37(25)30)5-7-26(28)29-15-27(35-36-29)24-12-23(13-24)22-9-10-31(3,4)16-22/h5-8,11,14,18-19,22-24,34H,9-10,12-13,15-16H2,1-4H3. The normalized spacial score (nSPS) is 24.6. The van der Waals surface area contributed by atoms with Gasteiger partial charge in [-0.1, -0.05) is 26.0 Å². The van der Waals surface area contributed by atoms with Gasteiger partial charge < -0.3 is 5.32 Å². The van der Waals surface area contributed by atoms with Gasteiger partial charge in [0.1, 0.15) is 6.07 Å². The summed E-state index contributed by atoms with van der Waals surface area (Å²) < 4.78 is 1.89. The molecule has 2 aromatic heterocycles. The monoisotopic (exact) mass is 492 g/mol. The highest BCUT2D eigenvalue weighted by molar-refractivity contribution is 6.18. The third kappa shape index (κ3) is 4.56. The Kier molecular flexibility index (Phi) is 5.90. The zero-order valence-electron chi connectivity index (χ0n) is 22.3. The molecule has 0 spiro atoms. The second-order valence-electron chi connectivity index (χ2n) is 12.4. The molecule has 0 radical (unpaired) electrons. The van der Waals surface area contributed by atoms with Gasteiger partial charge in [-0.25, -0.2) is 4.52 Å². The maximum atomic E-state index is 9.20. The molecule has 3 heterocycles. The predicted molar refractivity (Wildman–Crippen MR) is 150 cm³/mol. The van der Waals surface area contributed by atoms with Crippen molar-refractivity contribution in [2.24, 2.45) is 33.4 Å². The van der Waals surface area contributed by atoms with E-state index in [1.807, 2.05) is 16.6 Å². The number of nitrogens with zero attached hydrogens (tertiary/aromatic N) is 5. The van der Waals surface area contributed by atoms with Crippen LogP contribution in [-0.2, 0) is 0 Å². The average molecular weight is 493 g/mol. The van der Waals surface area contributed by atoms with E-state index in [0.717, 1.165) is 52.0 Å². The minimum Gasteiger partial charge on any atom is -0.382 e. The lowest BCUT2D eigenvalue weighted by Gasteiger charge is -2.39. The molecular weight excluding hydrogens is 456 g/mol. The van der Waals surface area contributed by atoms with Crippen LogP contribution in [0, 0.1) is 34.5 Å². The van der Waals surface area contributed by atoms with Gasteiger partial charge in [-0.05, 0) is 87.5 Å². The van der Waals surface area contributed by atoms with Crippen LogP contribution in [0.5, 0.6) is 0 Å². The van der Waals surface area contributed by atoms with Crippen molar-refractivity contribution in [3.8, 4) is 17.3 Å². The quantitative estimate of drug-likeness (QED) is 0.399. The van der Waals surface area contributed by atoms with Crippen molar-refractivity contribution in [3.63, 3.8) is 0 Å². The number of rotatable bonds is 6. The second-order valence-corrected chi connectivity index (χ2v) is 12.4. The summed E-state index contributed by atoms with van der Waals surface area (Å²) in [6, 6.07) is 14.9. The highest BCUT2D eigenvalue weighted by atomic mass is 15.2. The van der Waals surface area contributed by atoms with E-state index in [0.29, 0.717) is 22.9 Å². The highest BCUT2D eigenvalue weighted by Crippen LogP contribution is 2.51. The fourth-order valence-corrected chi connectivity index (χ4v) is 6.62. The highest BCUT2D eigenvalue weighted by Gasteiger charge is 2.43. The first-order chi connectivity index (χ1) is 17.8. The Bertz CT molecular complexity index is 1440. The molecule has 37 heavy (non-hydrogen) atoms. The van der Waals surface area contributed by atoms with E-state index in [1.54, 1.807) is 6.20 Å². The van der Waals surface area contributed by atoms with E-state index in [9.17, 15) is 5.26 Å². The van der Waals surface area contributed by atoms with Gasteiger partial charge in [-0.15, -0.1) is 0 Å². The topological polar surface area (TPSA) is 77.8 Å². The molecule has 0 bridgehead atoms. The molecule has 6 rings (SSSR count). The van der Waals surface area contributed by atoms with Gasteiger partial charge in [-0.2, -0.15) is 20.6 Å². The van der Waals surface area contributed by atoms with Crippen molar-refractivity contribution >= 4 is 22.6 Å². The maximum absolute atomic E-state index is 9.20. The largest absolute Gasteiger partial charge is 0.382 e. The zero-order chi connectivity index (χ0) is 25.7. The number of nitriles is 1. The summed E-state index contributed by atoms with van der Waals surface area (Å²) >= 11 is 0. The van der Waals surface area contributed by atoms with E-state index in [4.69, 9.17) is 5.10 Å². The summed E-state index contributed by atoms with van der Waals surface area (Å²) in [6.07, 6.45) is 9.22. The molecule has 6 heteroatoms. The van der Waals surface area contributed by atoms with Crippen molar-refractivity contribution in [1.29, 1.82) is 5.26 Å². The summed E-state index contributed by atoms with van der Waals surface area (Å²) in [7, 11) is 0. The Morgan fingerprint density at radius 3 is 2.65 bits per heavy atom. The van der Waals surface area contributed by atoms with Crippen LogP contribution in [0.1, 0.15) is 77.3 Å². The van der Waals surface area contributed by atoms with Crippen LogP contribution in [0.3, 0.4) is 0 Å². The molecule has 2 saturated carbocycles. The Labute approximate surface area is 219 Å². The van der Waals surface area contributed by atoms with Gasteiger partial charge >= 0.3 is 0 Å². The molecular formula is C31H36N6. The number of fused-ring (bicyclic) bond motifs is 1. The lowest BCUT2D eigenvalue weighted by atomic mass is 9.65. The van der Waals surface area contributed by atoms with Crippen LogP contribution in [0.15, 0.2) is 52.8 Å². The summed E-state index contributed by atoms with van der Waals surface area (Å²) in [6.45, 7) is 9.17. The Balaban J connectivity index is 1.19. The molecule has 2 fully saturated rings. The van der Waals surface area contributed by atoms with Gasteiger partial charge in [0, 0.05) is 40.9 Å². The van der Waals surface area contributed by atoms with Crippen LogP contribution in [0.25, 0.3) is 16.8 Å². The third-order valence-electron chi connectivity index (χ3n) is 8.67. The Morgan fingerprint density at radius 2 is 1.92 bits per heavy atom. The van der Waals surface area contributed by atoms with Gasteiger partial charge in [0.25, 0.3) is 0 Å². The van der Waals surface area contributed by atoms with E-state index in [2.05, 4.69) is 73.5 Å². The molecule has 1 aliphatic heterocycles. The molecule has 1 atom stereocenters. The van der Waals surface area contributed by atoms with E-state index in [1.165, 1.54) is 37.8 Å². The van der Waals surface area contributed by atoms with Crippen LogP contribution in [0.4, 0.5) is 5.69 Å². The lowest BCUT2D eigenvalue weighted by molar-refractivity contribution is 0.159. The fraction of sp³-hybridized carbons (Fsp3) is 0.484. The molecule has 0 saturated heterocycles. The van der Waals surface area contributed by atoms with Gasteiger partial charge in [0.2, 0.25) is 0 Å². The number of anilines is 1. The van der Waals surface area contributed by atoms with Gasteiger partial charge in [0.05, 0.1) is 28.7 Å². The van der Waals surface area contributed by atoms with E-state index < -0.39 is 0 Å². The maximum Gasteiger partial charge on any atom is 0.101 e. The molecule has 1 unspecified atom stereocenters. The zero-order valence-corrected chi connectivity index (χ0v) is 22.3. The molecule has 190 valence electrons. The molecule has 3 aromatic rings. The SMILES string of the molecule is CC(C)Nc1cc(-c2ccc3cc(C#N)cnn23)ccc1C1=NN=C(C2CC(C3CCC(C)(C)C3)C2)C1. The van der Waals surface area contributed by atoms with Gasteiger partial charge in [-0.3, -0.25) is 0 Å². The van der Waals surface area contributed by atoms with Gasteiger partial charge in [0.15, 0.2) is 0 Å². The molecule has 2 aliphatic carbocycles. The van der Waals surface area contributed by atoms with Crippen molar-refractivity contribution < 1.29 is 0 Å². The van der Waals surface area contributed by atoms with Crippen LogP contribution >= 0.6 is 0 Å².